The molecule has 0 unspecified atom stereocenters. The van der Waals surface area contributed by atoms with Crippen LogP contribution in [0, 0.1) is 11.8 Å². The molecular weight excluding hydrogens is 448 g/mol. The van der Waals surface area contributed by atoms with Crippen molar-refractivity contribution in [3.05, 3.63) is 94.5 Å². The second kappa shape index (κ2) is 10.0. The fourth-order valence-corrected chi connectivity index (χ4v) is 4.07. The van der Waals surface area contributed by atoms with E-state index in [0.717, 1.165) is 36.1 Å². The summed E-state index contributed by atoms with van der Waals surface area (Å²) >= 11 is 5.94. The van der Waals surface area contributed by atoms with Gasteiger partial charge in [0.2, 0.25) is 0 Å². The van der Waals surface area contributed by atoms with E-state index in [1.165, 1.54) is 5.56 Å². The number of hydrogen-bond donors (Lipinski definition) is 1. The average Bonchev–Trinajstić information content (AvgIpc) is 3.27. The summed E-state index contributed by atoms with van der Waals surface area (Å²) in [6.07, 6.45) is 0. The molecule has 170 valence electrons. The van der Waals surface area contributed by atoms with Crippen LogP contribution < -0.4 is 5.32 Å². The number of rotatable bonds is 3. The van der Waals surface area contributed by atoms with Crippen molar-refractivity contribution in [2.45, 2.75) is 6.54 Å². The van der Waals surface area contributed by atoms with Crippen LogP contribution in [0.25, 0.3) is 11.0 Å². The first-order chi connectivity index (χ1) is 16.6. The molecule has 2 amide bonds. The smallest absolute Gasteiger partial charge is 0.323 e. The summed E-state index contributed by atoms with van der Waals surface area (Å²) in [5.41, 5.74) is 3.77. The van der Waals surface area contributed by atoms with Crippen LogP contribution in [0.4, 0.5) is 10.6 Å². The molecule has 34 heavy (non-hydrogen) atoms. The van der Waals surface area contributed by atoms with E-state index in [1.807, 2.05) is 65.6 Å². The van der Waals surface area contributed by atoms with Crippen molar-refractivity contribution in [2.24, 2.45) is 0 Å². The number of amides is 2. The van der Waals surface area contributed by atoms with Gasteiger partial charge in [0.25, 0.3) is 0 Å². The van der Waals surface area contributed by atoms with Crippen LogP contribution in [-0.4, -0.2) is 47.2 Å². The average molecular weight is 471 g/mol. The van der Waals surface area contributed by atoms with E-state index >= 15 is 0 Å². The minimum atomic E-state index is -0.154. The van der Waals surface area contributed by atoms with Gasteiger partial charge in [0.05, 0.1) is 5.39 Å². The predicted molar refractivity (Wildman–Crippen MR) is 134 cm³/mol. The lowest BCUT2D eigenvalue weighted by atomic mass is 10.1. The summed E-state index contributed by atoms with van der Waals surface area (Å²) < 4.78 is 5.27. The van der Waals surface area contributed by atoms with Gasteiger partial charge in [-0.3, -0.25) is 10.2 Å². The zero-order chi connectivity index (χ0) is 23.3. The molecule has 1 aliphatic heterocycles. The Hall–Kier alpha value is -3.79. The van der Waals surface area contributed by atoms with E-state index in [2.05, 4.69) is 39.3 Å². The Morgan fingerprint density at radius 3 is 2.53 bits per heavy atom. The van der Waals surface area contributed by atoms with Gasteiger partial charge < -0.3 is 9.42 Å². The van der Waals surface area contributed by atoms with Gasteiger partial charge in [0.1, 0.15) is 0 Å². The van der Waals surface area contributed by atoms with E-state index in [0.29, 0.717) is 29.5 Å². The van der Waals surface area contributed by atoms with Crippen molar-refractivity contribution in [2.75, 3.05) is 31.5 Å². The van der Waals surface area contributed by atoms with Gasteiger partial charge in [-0.25, -0.2) is 4.79 Å². The lowest BCUT2D eigenvalue weighted by Crippen LogP contribution is -2.49. The quantitative estimate of drug-likeness (QED) is 0.416. The maximum absolute atomic E-state index is 12.7. The van der Waals surface area contributed by atoms with Crippen molar-refractivity contribution in [1.29, 1.82) is 0 Å². The third-order valence-corrected chi connectivity index (χ3v) is 6.04. The number of fused-ring (bicyclic) bond motifs is 1. The van der Waals surface area contributed by atoms with E-state index in [-0.39, 0.29) is 6.03 Å². The van der Waals surface area contributed by atoms with Gasteiger partial charge in [-0.2, -0.15) is 0 Å². The molecule has 3 aromatic carbocycles. The molecule has 1 N–H and O–H groups in total. The molecular formula is C27H23ClN4O2. The summed E-state index contributed by atoms with van der Waals surface area (Å²) in [5, 5.41) is 8.37. The van der Waals surface area contributed by atoms with Gasteiger partial charge in [0, 0.05) is 48.9 Å². The number of nitrogens with one attached hydrogen (secondary N) is 1. The molecule has 0 atom stereocenters. The highest BCUT2D eigenvalue weighted by atomic mass is 35.5. The zero-order valence-electron chi connectivity index (χ0n) is 18.5. The fraction of sp³-hybridized carbons (Fsp3) is 0.185. The Bertz CT molecular complexity index is 1360. The maximum atomic E-state index is 12.7. The van der Waals surface area contributed by atoms with E-state index < -0.39 is 0 Å². The molecule has 1 aliphatic rings. The number of halogens is 1. The highest BCUT2D eigenvalue weighted by Gasteiger charge is 2.22. The molecule has 1 aromatic heterocycles. The fourth-order valence-electron chi connectivity index (χ4n) is 3.95. The van der Waals surface area contributed by atoms with Crippen LogP contribution in [-0.2, 0) is 6.54 Å². The zero-order valence-corrected chi connectivity index (χ0v) is 19.3. The van der Waals surface area contributed by atoms with Crippen LogP contribution in [0.15, 0.2) is 77.3 Å². The molecule has 0 saturated carbocycles. The third-order valence-electron chi connectivity index (χ3n) is 5.79. The minimum absolute atomic E-state index is 0.154. The molecule has 0 aliphatic carbocycles. The summed E-state index contributed by atoms with van der Waals surface area (Å²) in [5.74, 6) is 6.87. The third kappa shape index (κ3) is 5.23. The molecule has 0 bridgehead atoms. The number of urea groups is 1. The van der Waals surface area contributed by atoms with Crippen LogP contribution in [0.2, 0.25) is 5.02 Å². The number of carbonyl (C=O) groups is 1. The van der Waals surface area contributed by atoms with Gasteiger partial charge >= 0.3 is 6.03 Å². The first-order valence-corrected chi connectivity index (χ1v) is 11.5. The summed E-state index contributed by atoms with van der Waals surface area (Å²) in [7, 11) is 0. The molecule has 5 rings (SSSR count). The summed E-state index contributed by atoms with van der Waals surface area (Å²) in [6.45, 7) is 3.72. The number of benzene rings is 3. The van der Waals surface area contributed by atoms with Crippen LogP contribution in [0.3, 0.4) is 0 Å². The minimum Gasteiger partial charge on any atom is -0.354 e. The van der Waals surface area contributed by atoms with Crippen LogP contribution in [0.5, 0.6) is 0 Å². The first kappa shape index (κ1) is 22.0. The Balaban J connectivity index is 1.15. The number of carbonyl (C=O) groups excluding carboxylic acids is 1. The van der Waals surface area contributed by atoms with Gasteiger partial charge in [-0.1, -0.05) is 52.9 Å². The Labute approximate surface area is 203 Å². The Morgan fingerprint density at radius 2 is 1.71 bits per heavy atom. The van der Waals surface area contributed by atoms with E-state index in [9.17, 15) is 4.79 Å². The lowest BCUT2D eigenvalue weighted by molar-refractivity contribution is 0.143. The topological polar surface area (TPSA) is 61.6 Å². The number of para-hydroxylation sites is 1. The monoisotopic (exact) mass is 470 g/mol. The van der Waals surface area contributed by atoms with E-state index in [1.54, 1.807) is 0 Å². The van der Waals surface area contributed by atoms with Gasteiger partial charge in [-0.05, 0) is 54.1 Å². The first-order valence-electron chi connectivity index (χ1n) is 11.1. The van der Waals surface area contributed by atoms with Gasteiger partial charge in [0.15, 0.2) is 11.4 Å². The molecule has 1 fully saturated rings. The largest absolute Gasteiger partial charge is 0.354 e. The van der Waals surface area contributed by atoms with Crippen LogP contribution in [0.1, 0.15) is 16.7 Å². The molecule has 6 nitrogen and oxygen atoms in total. The second-order valence-electron chi connectivity index (χ2n) is 8.18. The van der Waals surface area contributed by atoms with Crippen LogP contribution >= 0.6 is 11.6 Å². The molecule has 1 saturated heterocycles. The molecule has 4 aromatic rings. The summed E-state index contributed by atoms with van der Waals surface area (Å²) in [6, 6.07) is 23.1. The summed E-state index contributed by atoms with van der Waals surface area (Å²) in [4.78, 5) is 16.9. The Morgan fingerprint density at radius 1 is 0.941 bits per heavy atom. The van der Waals surface area contributed by atoms with Crippen molar-refractivity contribution < 1.29 is 9.32 Å². The number of hydrogen-bond acceptors (Lipinski definition) is 4. The highest BCUT2D eigenvalue weighted by molar-refractivity contribution is 6.30. The van der Waals surface area contributed by atoms with E-state index in [4.69, 9.17) is 16.1 Å². The number of anilines is 1. The number of piperazine rings is 1. The normalized spacial score (nSPS) is 14.0. The maximum Gasteiger partial charge on any atom is 0.323 e. The molecule has 0 radical (unpaired) electrons. The molecule has 0 spiro atoms. The Kier molecular flexibility index (Phi) is 6.48. The lowest BCUT2D eigenvalue weighted by Gasteiger charge is -2.34. The van der Waals surface area contributed by atoms with Gasteiger partial charge in [-0.15, -0.1) is 0 Å². The molecule has 2 heterocycles. The van der Waals surface area contributed by atoms with Crippen molar-refractivity contribution in [1.82, 2.24) is 15.0 Å². The van der Waals surface area contributed by atoms with Crippen molar-refractivity contribution in [3.63, 3.8) is 0 Å². The predicted octanol–water partition coefficient (Wildman–Crippen LogP) is 5.23. The highest BCUT2D eigenvalue weighted by Crippen LogP contribution is 2.22. The SMILES string of the molecule is O=C(Nc1noc2ccccc12)N1CCN(Cc2cccc(C#Cc3ccc(Cl)cc3)c2)CC1. The van der Waals surface area contributed by atoms with Crippen molar-refractivity contribution in [3.8, 4) is 11.8 Å². The second-order valence-corrected chi connectivity index (χ2v) is 8.61. The standard InChI is InChI=1S/C27H23ClN4O2/c28-23-12-10-20(11-13-23)8-9-21-4-3-5-22(18-21)19-31-14-16-32(17-15-31)27(33)29-26-24-6-1-2-7-25(24)34-30-26/h1-7,10-13,18H,14-17,19H2,(H,29,30,33). The molecule has 7 heteroatoms. The number of aromatic nitrogens is 1. The van der Waals surface area contributed by atoms with Crippen molar-refractivity contribution >= 4 is 34.4 Å². The number of nitrogens with zero attached hydrogens (tertiary/aromatic N) is 3.